The minimum absolute atomic E-state index is 0.0269. The summed E-state index contributed by atoms with van der Waals surface area (Å²) in [5.41, 5.74) is -0.0350. The number of phosphoric ester groups is 1. The summed E-state index contributed by atoms with van der Waals surface area (Å²) in [5, 5.41) is 0. The zero-order valence-corrected chi connectivity index (χ0v) is 11.1. The Morgan fingerprint density at radius 1 is 0.842 bits per heavy atom. The first-order valence-corrected chi connectivity index (χ1v) is 6.59. The second kappa shape index (κ2) is 3.71. The first-order valence-electron chi connectivity index (χ1n) is 5.13. The monoisotopic (exact) mass is 288 g/mol. The molecular weight excluding hydrogens is 279 g/mol. The van der Waals surface area contributed by atoms with Crippen LogP contribution in [-0.4, -0.2) is 27.3 Å². The average molecular weight is 288 g/mol. The van der Waals surface area contributed by atoms with E-state index >= 15 is 0 Å². The Morgan fingerprint density at radius 2 is 1.32 bits per heavy atom. The number of ether oxygens (including phenoxy) is 3. The predicted octanol–water partition coefficient (Wildman–Crippen LogP) is 1.76. The van der Waals surface area contributed by atoms with E-state index in [9.17, 15) is 9.36 Å². The third-order valence-corrected chi connectivity index (χ3v) is 3.90. The molecule has 4 rings (SSSR count). The van der Waals surface area contributed by atoms with Crippen LogP contribution in [0, 0.1) is 0 Å². The fraction of sp³-hybridized carbons (Fsp3) is 0.300. The Balaban J connectivity index is 2.42. The van der Waals surface area contributed by atoms with E-state index < -0.39 is 13.8 Å². The second-order valence-electron chi connectivity index (χ2n) is 3.64. The Morgan fingerprint density at radius 3 is 1.68 bits per heavy atom. The number of rotatable bonds is 3. The molecule has 0 saturated heterocycles. The molecule has 3 aliphatic heterocycles. The summed E-state index contributed by atoms with van der Waals surface area (Å²) in [6.45, 7) is 0. The third-order valence-electron chi connectivity index (χ3n) is 2.70. The van der Waals surface area contributed by atoms with Crippen molar-refractivity contribution in [3.8, 4) is 28.7 Å². The first kappa shape index (κ1) is 12.0. The van der Waals surface area contributed by atoms with Crippen LogP contribution in [0.2, 0.25) is 0 Å². The molecule has 19 heavy (non-hydrogen) atoms. The zero-order chi connectivity index (χ0) is 13.8. The fourth-order valence-corrected chi connectivity index (χ4v) is 3.18. The second-order valence-corrected chi connectivity index (χ2v) is 5.08. The van der Waals surface area contributed by atoms with Crippen molar-refractivity contribution in [3.05, 3.63) is 5.56 Å². The number of fused-ring (bicyclic) bond motifs is 1. The van der Waals surface area contributed by atoms with Gasteiger partial charge >= 0.3 is 13.8 Å². The highest BCUT2D eigenvalue weighted by atomic mass is 31.2. The van der Waals surface area contributed by atoms with Gasteiger partial charge < -0.3 is 27.8 Å². The molecule has 3 aliphatic rings. The lowest BCUT2D eigenvalue weighted by Gasteiger charge is -2.33. The van der Waals surface area contributed by atoms with Gasteiger partial charge in [-0.25, -0.2) is 4.79 Å². The standard InChI is InChI=1S/C10H9O8P/c1-13-7-5-4-6(8(14-2)9(7)15-3)17-19(12,16-5)18-10(4)11/h1-3H3. The molecule has 0 unspecified atom stereocenters. The summed E-state index contributed by atoms with van der Waals surface area (Å²) in [5.74, 6) is -0.497. The number of benzene rings is 1. The zero-order valence-electron chi connectivity index (χ0n) is 10.2. The molecule has 3 heterocycles. The summed E-state index contributed by atoms with van der Waals surface area (Å²) >= 11 is 0. The molecule has 1 aromatic rings. The third kappa shape index (κ3) is 1.40. The molecule has 0 fully saturated rings. The van der Waals surface area contributed by atoms with E-state index in [0.29, 0.717) is 0 Å². The van der Waals surface area contributed by atoms with E-state index in [1.165, 1.54) is 21.3 Å². The summed E-state index contributed by atoms with van der Waals surface area (Å²) in [6, 6.07) is 0. The summed E-state index contributed by atoms with van der Waals surface area (Å²) in [6.07, 6.45) is 0. The molecule has 0 N–H and O–H groups in total. The lowest BCUT2D eigenvalue weighted by atomic mass is 10.1. The van der Waals surface area contributed by atoms with Crippen LogP contribution in [0.5, 0.6) is 28.7 Å². The minimum Gasteiger partial charge on any atom is -0.490 e. The van der Waals surface area contributed by atoms with Gasteiger partial charge in [-0.1, -0.05) is 0 Å². The molecule has 0 radical (unpaired) electrons. The predicted molar refractivity (Wildman–Crippen MR) is 60.4 cm³/mol. The van der Waals surface area contributed by atoms with Crippen molar-refractivity contribution in [2.75, 3.05) is 21.3 Å². The highest BCUT2D eigenvalue weighted by Crippen LogP contribution is 2.69. The van der Waals surface area contributed by atoms with Crippen LogP contribution in [-0.2, 0) is 9.09 Å². The number of phosphoric acid groups is 1. The van der Waals surface area contributed by atoms with E-state index in [0.717, 1.165) is 0 Å². The lowest BCUT2D eigenvalue weighted by molar-refractivity contribution is 0.0613. The van der Waals surface area contributed by atoms with Crippen molar-refractivity contribution in [3.63, 3.8) is 0 Å². The van der Waals surface area contributed by atoms with E-state index in [4.69, 9.17) is 23.3 Å². The van der Waals surface area contributed by atoms with Crippen molar-refractivity contribution in [2.45, 2.75) is 0 Å². The molecule has 1 aromatic carbocycles. The van der Waals surface area contributed by atoms with Crippen LogP contribution >= 0.6 is 7.82 Å². The molecule has 0 saturated carbocycles. The molecule has 102 valence electrons. The van der Waals surface area contributed by atoms with Gasteiger partial charge in [0.05, 0.1) is 21.3 Å². The van der Waals surface area contributed by atoms with Crippen LogP contribution in [0.15, 0.2) is 0 Å². The largest absolute Gasteiger partial charge is 0.649 e. The van der Waals surface area contributed by atoms with Crippen LogP contribution in [0.4, 0.5) is 0 Å². The SMILES string of the molecule is COc1c(OC)c2c3c(c1OC)OP(=O)(OC3=O)O2. The van der Waals surface area contributed by atoms with Gasteiger partial charge in [-0.2, -0.15) is 4.57 Å². The van der Waals surface area contributed by atoms with E-state index in [1.54, 1.807) is 0 Å². The Bertz CT molecular complexity index is 598. The van der Waals surface area contributed by atoms with Crippen molar-refractivity contribution >= 4 is 13.8 Å². The molecule has 0 amide bonds. The van der Waals surface area contributed by atoms with Gasteiger partial charge in [0.15, 0.2) is 17.1 Å². The van der Waals surface area contributed by atoms with Gasteiger partial charge in [0, 0.05) is 0 Å². The Labute approximate surface area is 107 Å². The van der Waals surface area contributed by atoms with Crippen LogP contribution in [0.1, 0.15) is 10.4 Å². The smallest absolute Gasteiger partial charge is 0.490 e. The van der Waals surface area contributed by atoms with Crippen LogP contribution < -0.4 is 23.3 Å². The van der Waals surface area contributed by atoms with Crippen molar-refractivity contribution in [1.82, 2.24) is 0 Å². The summed E-state index contributed by atoms with van der Waals surface area (Å²) in [7, 11) is 0.0829. The lowest BCUT2D eigenvalue weighted by Crippen LogP contribution is -2.25. The Kier molecular flexibility index (Phi) is 2.34. The van der Waals surface area contributed by atoms with Gasteiger partial charge in [0.25, 0.3) is 0 Å². The van der Waals surface area contributed by atoms with Crippen LogP contribution in [0.3, 0.4) is 0 Å². The number of carbonyl (C=O) groups excluding carboxylic acids is 1. The molecule has 0 atom stereocenters. The highest BCUT2D eigenvalue weighted by Gasteiger charge is 2.54. The van der Waals surface area contributed by atoms with Crippen molar-refractivity contribution in [2.24, 2.45) is 0 Å². The number of hydrogen-bond acceptors (Lipinski definition) is 8. The first-order chi connectivity index (χ1) is 9.04. The fourth-order valence-electron chi connectivity index (χ4n) is 1.98. The normalized spacial score (nSPS) is 17.1. The number of hydrogen-bond donors (Lipinski definition) is 0. The molecule has 8 nitrogen and oxygen atoms in total. The minimum atomic E-state index is -4.02. The molecule has 0 spiro atoms. The van der Waals surface area contributed by atoms with Gasteiger partial charge in [0.2, 0.25) is 17.2 Å². The van der Waals surface area contributed by atoms with Gasteiger partial charge in [-0.3, -0.25) is 0 Å². The molecule has 0 aliphatic carbocycles. The van der Waals surface area contributed by atoms with Crippen molar-refractivity contribution < 1.29 is 37.1 Å². The van der Waals surface area contributed by atoms with E-state index in [1.807, 2.05) is 0 Å². The maximum absolute atomic E-state index is 12.1. The highest BCUT2D eigenvalue weighted by molar-refractivity contribution is 7.50. The maximum atomic E-state index is 12.1. The molecular formula is C10H9O8P. The van der Waals surface area contributed by atoms with Crippen molar-refractivity contribution in [1.29, 1.82) is 0 Å². The summed E-state index contributed by atoms with van der Waals surface area (Å²) < 4.78 is 42.1. The van der Waals surface area contributed by atoms with Gasteiger partial charge in [-0.05, 0) is 0 Å². The Hall–Kier alpha value is -2.08. The molecule has 9 heteroatoms. The maximum Gasteiger partial charge on any atom is 0.649 e. The summed E-state index contributed by atoms with van der Waals surface area (Å²) in [4.78, 5) is 11.8. The van der Waals surface area contributed by atoms with Crippen LogP contribution in [0.25, 0.3) is 0 Å². The topological polar surface area (TPSA) is 89.5 Å². The average Bonchev–Trinajstić information content (AvgIpc) is 2.36. The van der Waals surface area contributed by atoms with Gasteiger partial charge in [0.1, 0.15) is 0 Å². The van der Waals surface area contributed by atoms with E-state index in [-0.39, 0.29) is 34.3 Å². The molecule has 0 aromatic heterocycles. The number of methoxy groups -OCH3 is 3. The quantitative estimate of drug-likeness (QED) is 0.777. The van der Waals surface area contributed by atoms with E-state index in [2.05, 4.69) is 4.52 Å². The number of carbonyl (C=O) groups is 1. The molecule has 4 bridgehead atoms. The van der Waals surface area contributed by atoms with Gasteiger partial charge in [-0.15, -0.1) is 0 Å².